The van der Waals surface area contributed by atoms with Crippen LogP contribution in [-0.2, 0) is 0 Å². The SMILES string of the molecule is CCCCCCCC(C)N[C@H]1C[C@H](N2CCN(CC3CCN(C(CC)CCCCCCC)CC3)CC2)C1. The molecule has 2 saturated heterocycles. The molecule has 3 fully saturated rings. The number of hydrogen-bond donors (Lipinski definition) is 1. The molecule has 218 valence electrons. The van der Waals surface area contributed by atoms with E-state index in [-0.39, 0.29) is 0 Å². The summed E-state index contributed by atoms with van der Waals surface area (Å²) in [6, 6.07) is 3.18. The molecular weight excluding hydrogens is 452 g/mol. The predicted molar refractivity (Wildman–Crippen MR) is 163 cm³/mol. The maximum absolute atomic E-state index is 3.93. The van der Waals surface area contributed by atoms with Crippen molar-refractivity contribution < 1.29 is 0 Å². The van der Waals surface area contributed by atoms with Crippen molar-refractivity contribution in [3.63, 3.8) is 0 Å². The van der Waals surface area contributed by atoms with Crippen LogP contribution in [0.3, 0.4) is 0 Å². The van der Waals surface area contributed by atoms with Crippen molar-refractivity contribution >= 4 is 0 Å². The summed E-state index contributed by atoms with van der Waals surface area (Å²) in [7, 11) is 0. The second-order valence-electron chi connectivity index (χ2n) is 13.2. The highest BCUT2D eigenvalue weighted by Gasteiger charge is 2.35. The van der Waals surface area contributed by atoms with Crippen molar-refractivity contribution in [2.24, 2.45) is 5.92 Å². The molecule has 2 unspecified atom stereocenters. The van der Waals surface area contributed by atoms with Crippen LogP contribution in [-0.4, -0.2) is 84.7 Å². The van der Waals surface area contributed by atoms with E-state index in [1.165, 1.54) is 155 Å². The molecule has 1 N–H and O–H groups in total. The Labute approximate surface area is 232 Å². The third kappa shape index (κ3) is 11.5. The largest absolute Gasteiger partial charge is 0.311 e. The van der Waals surface area contributed by atoms with Crippen molar-refractivity contribution in [1.29, 1.82) is 0 Å². The van der Waals surface area contributed by atoms with Gasteiger partial charge in [-0.15, -0.1) is 0 Å². The van der Waals surface area contributed by atoms with E-state index in [4.69, 9.17) is 0 Å². The van der Waals surface area contributed by atoms with Crippen LogP contribution in [0.4, 0.5) is 0 Å². The maximum atomic E-state index is 3.93. The van der Waals surface area contributed by atoms with Crippen LogP contribution in [0.1, 0.15) is 137 Å². The Morgan fingerprint density at radius 1 is 0.703 bits per heavy atom. The lowest BCUT2D eigenvalue weighted by atomic mass is 9.84. The minimum absolute atomic E-state index is 0.703. The molecule has 2 atom stereocenters. The lowest BCUT2D eigenvalue weighted by Crippen LogP contribution is -2.59. The van der Waals surface area contributed by atoms with E-state index in [2.05, 4.69) is 47.7 Å². The molecular formula is C33H66N4. The fourth-order valence-corrected chi connectivity index (χ4v) is 7.37. The third-order valence-corrected chi connectivity index (χ3v) is 10.1. The fourth-order valence-electron chi connectivity index (χ4n) is 7.37. The first-order valence-corrected chi connectivity index (χ1v) is 17.1. The lowest BCUT2D eigenvalue weighted by molar-refractivity contribution is 0.0306. The highest BCUT2D eigenvalue weighted by molar-refractivity contribution is 4.94. The molecule has 3 aliphatic rings. The summed E-state index contributed by atoms with van der Waals surface area (Å²) in [5, 5.41) is 3.93. The summed E-state index contributed by atoms with van der Waals surface area (Å²) < 4.78 is 0. The highest BCUT2D eigenvalue weighted by Crippen LogP contribution is 2.28. The average molecular weight is 519 g/mol. The monoisotopic (exact) mass is 519 g/mol. The van der Waals surface area contributed by atoms with Crippen LogP contribution in [0.25, 0.3) is 0 Å². The maximum Gasteiger partial charge on any atom is 0.0126 e. The van der Waals surface area contributed by atoms with Gasteiger partial charge in [-0.1, -0.05) is 85.0 Å². The Kier molecular flexibility index (Phi) is 15.5. The summed E-state index contributed by atoms with van der Waals surface area (Å²) >= 11 is 0. The zero-order valence-electron chi connectivity index (χ0n) is 25.7. The summed E-state index contributed by atoms with van der Waals surface area (Å²) in [6.07, 6.45) is 23.9. The number of nitrogens with zero attached hydrogens (tertiary/aromatic N) is 3. The molecule has 2 aliphatic heterocycles. The minimum atomic E-state index is 0.703. The predicted octanol–water partition coefficient (Wildman–Crippen LogP) is 7.32. The third-order valence-electron chi connectivity index (χ3n) is 10.1. The number of hydrogen-bond acceptors (Lipinski definition) is 4. The van der Waals surface area contributed by atoms with Gasteiger partial charge in [-0.2, -0.15) is 0 Å². The molecule has 0 aromatic carbocycles. The van der Waals surface area contributed by atoms with Crippen molar-refractivity contribution in [1.82, 2.24) is 20.0 Å². The van der Waals surface area contributed by atoms with Crippen molar-refractivity contribution in [3.05, 3.63) is 0 Å². The van der Waals surface area contributed by atoms with Gasteiger partial charge in [0, 0.05) is 56.9 Å². The molecule has 37 heavy (non-hydrogen) atoms. The van der Waals surface area contributed by atoms with Gasteiger partial charge in [-0.3, -0.25) is 4.90 Å². The molecule has 0 aromatic heterocycles. The average Bonchev–Trinajstić information content (AvgIpc) is 2.89. The van der Waals surface area contributed by atoms with Gasteiger partial charge in [-0.25, -0.2) is 0 Å². The van der Waals surface area contributed by atoms with E-state index in [0.29, 0.717) is 6.04 Å². The van der Waals surface area contributed by atoms with Gasteiger partial charge in [0.05, 0.1) is 0 Å². The molecule has 0 amide bonds. The van der Waals surface area contributed by atoms with E-state index < -0.39 is 0 Å². The van der Waals surface area contributed by atoms with Gasteiger partial charge in [0.2, 0.25) is 0 Å². The van der Waals surface area contributed by atoms with Crippen LogP contribution >= 0.6 is 0 Å². The Morgan fingerprint density at radius 2 is 1.30 bits per heavy atom. The number of piperidine rings is 1. The van der Waals surface area contributed by atoms with Crippen LogP contribution in [0.2, 0.25) is 0 Å². The first kappa shape index (κ1) is 31.4. The summed E-state index contributed by atoms with van der Waals surface area (Å²) in [5.74, 6) is 0.936. The molecule has 0 aromatic rings. The smallest absolute Gasteiger partial charge is 0.0126 e. The second-order valence-corrected chi connectivity index (χ2v) is 13.2. The number of piperazine rings is 1. The normalized spacial score (nSPS) is 26.3. The number of unbranched alkanes of at least 4 members (excludes halogenated alkanes) is 8. The molecule has 3 rings (SSSR count). The molecule has 0 bridgehead atoms. The Bertz CT molecular complexity index is 547. The van der Waals surface area contributed by atoms with Gasteiger partial charge in [-0.05, 0) is 70.9 Å². The van der Waals surface area contributed by atoms with Crippen LogP contribution in [0, 0.1) is 5.92 Å². The summed E-state index contributed by atoms with van der Waals surface area (Å²) in [4.78, 5) is 8.47. The number of rotatable bonds is 19. The van der Waals surface area contributed by atoms with E-state index in [0.717, 1.165) is 24.0 Å². The van der Waals surface area contributed by atoms with Gasteiger partial charge in [0.25, 0.3) is 0 Å². The van der Waals surface area contributed by atoms with E-state index in [1.54, 1.807) is 0 Å². The van der Waals surface area contributed by atoms with E-state index in [9.17, 15) is 0 Å². The topological polar surface area (TPSA) is 21.8 Å². The first-order chi connectivity index (χ1) is 18.1. The van der Waals surface area contributed by atoms with Crippen molar-refractivity contribution in [3.8, 4) is 0 Å². The summed E-state index contributed by atoms with van der Waals surface area (Å²) in [5.41, 5.74) is 0. The van der Waals surface area contributed by atoms with Gasteiger partial charge >= 0.3 is 0 Å². The number of nitrogens with one attached hydrogen (secondary N) is 1. The molecule has 4 nitrogen and oxygen atoms in total. The molecule has 1 saturated carbocycles. The first-order valence-electron chi connectivity index (χ1n) is 17.1. The molecule has 0 radical (unpaired) electrons. The van der Waals surface area contributed by atoms with Crippen LogP contribution < -0.4 is 5.32 Å². The molecule has 1 aliphatic carbocycles. The Morgan fingerprint density at radius 3 is 1.89 bits per heavy atom. The Balaban J connectivity index is 1.21. The molecule has 0 spiro atoms. The fraction of sp³-hybridized carbons (Fsp3) is 1.00. The quantitative estimate of drug-likeness (QED) is 0.181. The van der Waals surface area contributed by atoms with Crippen LogP contribution in [0.5, 0.6) is 0 Å². The minimum Gasteiger partial charge on any atom is -0.311 e. The Hall–Kier alpha value is -0.160. The standard InChI is InChI=1S/C33H66N4/c1-5-8-10-12-14-16-29(4)34-31-26-33(27-31)37-24-22-35(23-25-37)28-30-18-20-36(21-19-30)32(7-3)17-15-13-11-9-6-2/h29-34H,5-28H2,1-4H3/t29?,31-,32?,33-. The van der Waals surface area contributed by atoms with Gasteiger partial charge < -0.3 is 15.1 Å². The second kappa shape index (κ2) is 18.2. The molecule has 2 heterocycles. The zero-order valence-corrected chi connectivity index (χ0v) is 25.7. The highest BCUT2D eigenvalue weighted by atomic mass is 15.3. The van der Waals surface area contributed by atoms with Crippen LogP contribution in [0.15, 0.2) is 0 Å². The lowest BCUT2D eigenvalue weighted by Gasteiger charge is -2.48. The van der Waals surface area contributed by atoms with Gasteiger partial charge in [0.1, 0.15) is 0 Å². The molecule has 4 heteroatoms. The number of likely N-dealkylation sites (tertiary alicyclic amines) is 1. The van der Waals surface area contributed by atoms with E-state index >= 15 is 0 Å². The van der Waals surface area contributed by atoms with E-state index in [1.807, 2.05) is 0 Å². The van der Waals surface area contributed by atoms with Crippen molar-refractivity contribution in [2.45, 2.75) is 161 Å². The zero-order chi connectivity index (χ0) is 26.3. The van der Waals surface area contributed by atoms with Crippen molar-refractivity contribution in [2.75, 3.05) is 45.8 Å². The van der Waals surface area contributed by atoms with Gasteiger partial charge in [0.15, 0.2) is 0 Å². The summed E-state index contributed by atoms with van der Waals surface area (Å²) in [6.45, 7) is 18.7.